The Morgan fingerprint density at radius 2 is 1.36 bits per heavy atom. The van der Waals surface area contributed by atoms with Crippen LogP contribution in [-0.4, -0.2) is 13.0 Å². The molecule has 0 N–H and O–H groups in total. The summed E-state index contributed by atoms with van der Waals surface area (Å²) in [6.45, 7) is 1.14. The van der Waals surface area contributed by atoms with Crippen molar-refractivity contribution in [1.29, 1.82) is 0 Å². The number of rotatable bonds is 9. The molecule has 2 nitrogen and oxygen atoms in total. The molecule has 3 rings (SSSR count). The molecule has 0 radical (unpaired) electrons. The maximum Gasteiger partial charge on any atom is 0.573 e. The Morgan fingerprint density at radius 1 is 0.806 bits per heavy atom. The van der Waals surface area contributed by atoms with Gasteiger partial charge in [-0.25, -0.2) is 17.6 Å². The van der Waals surface area contributed by atoms with Gasteiger partial charge in [-0.3, -0.25) is 0 Å². The Bertz CT molecular complexity index is 998. The third kappa shape index (κ3) is 7.08. The molecule has 2 aromatic carbocycles. The predicted molar refractivity (Wildman–Crippen MR) is 113 cm³/mol. The number of hydrogen-bond donors (Lipinski definition) is 0. The molecule has 0 spiro atoms. The van der Waals surface area contributed by atoms with Crippen molar-refractivity contribution in [3.8, 4) is 5.75 Å². The normalized spacial score (nSPS) is 18.9. The molecule has 0 unspecified atom stereocenters. The minimum absolute atomic E-state index is 0.139. The van der Waals surface area contributed by atoms with Crippen LogP contribution in [-0.2, 0) is 17.3 Å². The van der Waals surface area contributed by atoms with E-state index in [1.54, 1.807) is 0 Å². The van der Waals surface area contributed by atoms with E-state index in [4.69, 9.17) is 0 Å². The summed E-state index contributed by atoms with van der Waals surface area (Å²) < 4.78 is 130. The van der Waals surface area contributed by atoms with Gasteiger partial charge in [0.1, 0.15) is 17.2 Å². The van der Waals surface area contributed by atoms with Crippen LogP contribution >= 0.6 is 0 Å². The Balaban J connectivity index is 1.66. The van der Waals surface area contributed by atoms with Gasteiger partial charge in [0.25, 0.3) is 0 Å². The fraction of sp³-hybridized carbons (Fsp3) is 0.520. The third-order valence-corrected chi connectivity index (χ3v) is 6.32. The summed E-state index contributed by atoms with van der Waals surface area (Å²) in [5, 5.41) is 0. The van der Waals surface area contributed by atoms with E-state index < -0.39 is 60.1 Å². The first-order valence-corrected chi connectivity index (χ1v) is 11.6. The maximum atomic E-state index is 14.6. The summed E-state index contributed by atoms with van der Waals surface area (Å²) in [4.78, 5) is 0. The molecule has 0 aliphatic heterocycles. The Kier molecular flexibility index (Phi) is 8.84. The molecule has 0 heterocycles. The second-order valence-electron chi connectivity index (χ2n) is 8.92. The number of alkyl halides is 5. The SMILES string of the molecule is CCCC1CCC(c2cc(F)c(C(F)(F)OCCc3cc(F)c(OC(F)(F)F)c(F)c3)c(F)c2)CC1. The fourth-order valence-corrected chi connectivity index (χ4v) is 4.64. The van der Waals surface area contributed by atoms with E-state index in [9.17, 15) is 39.5 Å². The number of halogens is 9. The van der Waals surface area contributed by atoms with Gasteiger partial charge in [-0.2, -0.15) is 8.78 Å². The quantitative estimate of drug-likeness (QED) is 0.304. The predicted octanol–water partition coefficient (Wildman–Crippen LogP) is 8.52. The topological polar surface area (TPSA) is 18.5 Å². The summed E-state index contributed by atoms with van der Waals surface area (Å²) in [5.41, 5.74) is -1.62. The Hall–Kier alpha value is -2.43. The van der Waals surface area contributed by atoms with Gasteiger partial charge in [0.15, 0.2) is 11.6 Å². The zero-order valence-electron chi connectivity index (χ0n) is 19.3. The lowest BCUT2D eigenvalue weighted by Crippen LogP contribution is -2.24. The molecule has 0 aromatic heterocycles. The van der Waals surface area contributed by atoms with Gasteiger partial charge in [0.05, 0.1) is 6.61 Å². The molecule has 0 bridgehead atoms. The minimum Gasteiger partial charge on any atom is -0.399 e. The molecule has 0 amide bonds. The van der Waals surface area contributed by atoms with Crippen LogP contribution in [0.3, 0.4) is 0 Å². The average molecular weight is 528 g/mol. The molecule has 1 aliphatic rings. The van der Waals surface area contributed by atoms with Crippen molar-refractivity contribution in [2.75, 3.05) is 6.61 Å². The number of hydrogen-bond acceptors (Lipinski definition) is 2. The van der Waals surface area contributed by atoms with Gasteiger partial charge in [0, 0.05) is 0 Å². The van der Waals surface area contributed by atoms with Crippen LogP contribution < -0.4 is 4.74 Å². The molecule has 2 aromatic rings. The molecule has 0 atom stereocenters. The lowest BCUT2D eigenvalue weighted by Gasteiger charge is -2.29. The second kappa shape index (κ2) is 11.3. The number of benzene rings is 2. The summed E-state index contributed by atoms with van der Waals surface area (Å²) in [7, 11) is 0. The highest BCUT2D eigenvalue weighted by atomic mass is 19.4. The monoisotopic (exact) mass is 528 g/mol. The summed E-state index contributed by atoms with van der Waals surface area (Å²) in [6.07, 6.45) is -5.01. The van der Waals surface area contributed by atoms with Gasteiger partial charge in [-0.15, -0.1) is 13.2 Å². The van der Waals surface area contributed by atoms with Crippen LogP contribution in [0.25, 0.3) is 0 Å². The summed E-state index contributed by atoms with van der Waals surface area (Å²) >= 11 is 0. The van der Waals surface area contributed by atoms with Gasteiger partial charge >= 0.3 is 12.5 Å². The molecular weight excluding hydrogens is 503 g/mol. The van der Waals surface area contributed by atoms with Crippen LogP contribution in [0.15, 0.2) is 24.3 Å². The summed E-state index contributed by atoms with van der Waals surface area (Å²) in [5.74, 6) is -7.64. The first-order chi connectivity index (χ1) is 16.8. The molecule has 1 saturated carbocycles. The molecule has 0 saturated heterocycles. The van der Waals surface area contributed by atoms with Crippen molar-refractivity contribution >= 4 is 0 Å². The van der Waals surface area contributed by atoms with E-state index in [2.05, 4.69) is 16.4 Å². The van der Waals surface area contributed by atoms with Crippen LogP contribution in [0.5, 0.6) is 5.75 Å². The molecule has 1 aliphatic carbocycles. The minimum atomic E-state index is -5.34. The molecular formula is C25H25F9O2. The van der Waals surface area contributed by atoms with Gasteiger partial charge < -0.3 is 9.47 Å². The van der Waals surface area contributed by atoms with Gasteiger partial charge in [-0.05, 0) is 79.3 Å². The zero-order chi connectivity index (χ0) is 26.7. The highest BCUT2D eigenvalue weighted by Crippen LogP contribution is 2.40. The first kappa shape index (κ1) is 28.1. The zero-order valence-corrected chi connectivity index (χ0v) is 19.3. The molecule has 36 heavy (non-hydrogen) atoms. The van der Waals surface area contributed by atoms with Crippen molar-refractivity contribution in [2.45, 2.75) is 70.3 Å². The molecule has 200 valence electrons. The highest BCUT2D eigenvalue weighted by Gasteiger charge is 2.40. The van der Waals surface area contributed by atoms with E-state index in [1.165, 1.54) is 0 Å². The molecule has 1 fully saturated rings. The lowest BCUT2D eigenvalue weighted by atomic mass is 9.77. The van der Waals surface area contributed by atoms with E-state index in [0.29, 0.717) is 36.5 Å². The van der Waals surface area contributed by atoms with Gasteiger partial charge in [-0.1, -0.05) is 19.8 Å². The first-order valence-electron chi connectivity index (χ1n) is 11.6. The van der Waals surface area contributed by atoms with E-state index in [0.717, 1.165) is 37.8 Å². The van der Waals surface area contributed by atoms with Crippen molar-refractivity contribution in [3.05, 3.63) is 64.2 Å². The average Bonchev–Trinajstić information content (AvgIpc) is 2.75. The Labute approximate surface area is 202 Å². The standard InChI is InChI=1S/C25H25F9O2/c1-2-3-14-4-6-16(7-5-14)17-12-18(26)22(19(27)13-17)24(30,31)35-9-8-15-10-20(28)23(21(29)11-15)36-25(32,33)34/h10-14,16H,2-9H2,1H3. The van der Waals surface area contributed by atoms with E-state index in [1.807, 2.05) is 0 Å². The Morgan fingerprint density at radius 3 is 1.86 bits per heavy atom. The van der Waals surface area contributed by atoms with Crippen LogP contribution in [0.1, 0.15) is 68.1 Å². The molecule has 11 heteroatoms. The number of ether oxygens (including phenoxy) is 2. The van der Waals surface area contributed by atoms with Crippen molar-refractivity contribution in [3.63, 3.8) is 0 Å². The third-order valence-electron chi connectivity index (χ3n) is 6.32. The smallest absolute Gasteiger partial charge is 0.399 e. The maximum absolute atomic E-state index is 14.6. The van der Waals surface area contributed by atoms with Crippen LogP contribution in [0.4, 0.5) is 39.5 Å². The van der Waals surface area contributed by atoms with Gasteiger partial charge in [0.2, 0.25) is 5.75 Å². The van der Waals surface area contributed by atoms with E-state index in [-0.39, 0.29) is 11.5 Å². The fourth-order valence-electron chi connectivity index (χ4n) is 4.64. The van der Waals surface area contributed by atoms with Crippen LogP contribution in [0.2, 0.25) is 0 Å². The largest absolute Gasteiger partial charge is 0.573 e. The van der Waals surface area contributed by atoms with Crippen LogP contribution in [0, 0.1) is 29.2 Å². The lowest BCUT2D eigenvalue weighted by molar-refractivity contribution is -0.276. The van der Waals surface area contributed by atoms with E-state index >= 15 is 0 Å². The highest BCUT2D eigenvalue weighted by molar-refractivity contribution is 5.32. The van der Waals surface area contributed by atoms with Crippen molar-refractivity contribution in [2.24, 2.45) is 5.92 Å². The summed E-state index contributed by atoms with van der Waals surface area (Å²) in [6, 6.07) is 2.67. The van der Waals surface area contributed by atoms with Crippen molar-refractivity contribution in [1.82, 2.24) is 0 Å². The van der Waals surface area contributed by atoms with Crippen molar-refractivity contribution < 1.29 is 49.0 Å². The second-order valence-corrected chi connectivity index (χ2v) is 8.92.